The Hall–Kier alpha value is -1.26. The number of halogens is 3. The third-order valence-electron chi connectivity index (χ3n) is 2.31. The second-order valence-electron chi connectivity index (χ2n) is 3.72. The van der Waals surface area contributed by atoms with E-state index in [1.54, 1.807) is 24.3 Å². The molecule has 0 spiro atoms. The average molecular weight is 331 g/mol. The van der Waals surface area contributed by atoms with Crippen molar-refractivity contribution in [3.05, 3.63) is 57.3 Å². The standard InChI is InChI=1S/C13H10BrClFNO/c14-11-5-9(15)6-12(17)13(11)18-7-8-2-1-3-10(16)4-8/h1-6H,7,17H2. The number of anilines is 1. The molecule has 0 unspecified atom stereocenters. The summed E-state index contributed by atoms with van der Waals surface area (Å²) in [4.78, 5) is 0. The van der Waals surface area contributed by atoms with Gasteiger partial charge in [0.1, 0.15) is 12.4 Å². The number of ether oxygens (including phenoxy) is 1. The van der Waals surface area contributed by atoms with E-state index in [1.165, 1.54) is 12.1 Å². The number of nitrogen functional groups attached to an aromatic ring is 1. The van der Waals surface area contributed by atoms with E-state index in [9.17, 15) is 4.39 Å². The van der Waals surface area contributed by atoms with Crippen LogP contribution in [0.15, 0.2) is 40.9 Å². The molecule has 2 rings (SSSR count). The van der Waals surface area contributed by atoms with Crippen LogP contribution in [0.25, 0.3) is 0 Å². The van der Waals surface area contributed by atoms with Gasteiger partial charge in [-0.2, -0.15) is 0 Å². The zero-order valence-electron chi connectivity index (χ0n) is 9.29. The van der Waals surface area contributed by atoms with Crippen LogP contribution in [-0.2, 0) is 6.61 Å². The summed E-state index contributed by atoms with van der Waals surface area (Å²) >= 11 is 9.17. The molecule has 0 atom stereocenters. The summed E-state index contributed by atoms with van der Waals surface area (Å²) in [5, 5.41) is 0.525. The molecule has 0 aliphatic carbocycles. The number of rotatable bonds is 3. The van der Waals surface area contributed by atoms with Gasteiger partial charge in [-0.05, 0) is 45.8 Å². The van der Waals surface area contributed by atoms with Crippen LogP contribution in [0.5, 0.6) is 5.75 Å². The van der Waals surface area contributed by atoms with Gasteiger partial charge in [-0.15, -0.1) is 0 Å². The molecule has 2 aromatic carbocycles. The van der Waals surface area contributed by atoms with E-state index in [0.29, 0.717) is 20.9 Å². The van der Waals surface area contributed by atoms with Gasteiger partial charge in [0.2, 0.25) is 0 Å². The fourth-order valence-corrected chi connectivity index (χ4v) is 2.46. The zero-order valence-corrected chi connectivity index (χ0v) is 11.6. The van der Waals surface area contributed by atoms with Gasteiger partial charge < -0.3 is 10.5 Å². The van der Waals surface area contributed by atoms with Gasteiger partial charge in [0, 0.05) is 5.02 Å². The van der Waals surface area contributed by atoms with Crippen LogP contribution >= 0.6 is 27.5 Å². The van der Waals surface area contributed by atoms with E-state index < -0.39 is 0 Å². The highest BCUT2D eigenvalue weighted by Gasteiger charge is 2.08. The van der Waals surface area contributed by atoms with Crippen LogP contribution in [0, 0.1) is 5.82 Å². The van der Waals surface area contributed by atoms with E-state index in [2.05, 4.69) is 15.9 Å². The van der Waals surface area contributed by atoms with Crippen LogP contribution in [0.1, 0.15) is 5.56 Å². The average Bonchev–Trinajstić information content (AvgIpc) is 2.27. The minimum absolute atomic E-state index is 0.238. The lowest BCUT2D eigenvalue weighted by molar-refractivity contribution is 0.305. The van der Waals surface area contributed by atoms with Crippen LogP contribution < -0.4 is 10.5 Å². The summed E-state index contributed by atoms with van der Waals surface area (Å²) in [5.74, 6) is 0.211. The van der Waals surface area contributed by atoms with Gasteiger partial charge in [-0.25, -0.2) is 4.39 Å². The molecule has 2 nitrogen and oxygen atoms in total. The Morgan fingerprint density at radius 3 is 2.72 bits per heavy atom. The zero-order chi connectivity index (χ0) is 13.1. The Morgan fingerprint density at radius 1 is 1.28 bits per heavy atom. The van der Waals surface area contributed by atoms with Crippen molar-refractivity contribution in [1.29, 1.82) is 0 Å². The van der Waals surface area contributed by atoms with Crippen molar-refractivity contribution < 1.29 is 9.13 Å². The summed E-state index contributed by atoms with van der Waals surface area (Å²) in [6.07, 6.45) is 0. The molecule has 0 bridgehead atoms. The van der Waals surface area contributed by atoms with E-state index in [1.807, 2.05) is 0 Å². The first kappa shape index (κ1) is 13.2. The first-order valence-electron chi connectivity index (χ1n) is 5.18. The van der Waals surface area contributed by atoms with Crippen molar-refractivity contribution in [3.8, 4) is 5.75 Å². The summed E-state index contributed by atoms with van der Waals surface area (Å²) in [6, 6.07) is 9.51. The molecule has 0 amide bonds. The molecule has 18 heavy (non-hydrogen) atoms. The maximum Gasteiger partial charge on any atom is 0.156 e. The lowest BCUT2D eigenvalue weighted by atomic mass is 10.2. The SMILES string of the molecule is Nc1cc(Cl)cc(Br)c1OCc1cccc(F)c1. The Bertz CT molecular complexity index is 554. The monoisotopic (exact) mass is 329 g/mol. The Labute approximate surface area is 118 Å². The van der Waals surface area contributed by atoms with E-state index in [-0.39, 0.29) is 12.4 Å². The lowest BCUT2D eigenvalue weighted by Crippen LogP contribution is -2.00. The molecule has 5 heteroatoms. The molecule has 94 valence electrons. The molecule has 0 heterocycles. The number of benzene rings is 2. The summed E-state index contributed by atoms with van der Waals surface area (Å²) < 4.78 is 19.2. The summed E-state index contributed by atoms with van der Waals surface area (Å²) in [5.41, 5.74) is 6.97. The van der Waals surface area contributed by atoms with Gasteiger partial charge >= 0.3 is 0 Å². The number of hydrogen-bond acceptors (Lipinski definition) is 2. The van der Waals surface area contributed by atoms with Crippen molar-refractivity contribution >= 4 is 33.2 Å². The molecule has 2 aromatic rings. The van der Waals surface area contributed by atoms with Gasteiger partial charge in [-0.3, -0.25) is 0 Å². The highest BCUT2D eigenvalue weighted by Crippen LogP contribution is 2.35. The normalized spacial score (nSPS) is 10.4. The molecular formula is C13H10BrClFNO. The fourth-order valence-electron chi connectivity index (χ4n) is 1.51. The Morgan fingerprint density at radius 2 is 2.06 bits per heavy atom. The molecule has 2 N–H and O–H groups in total. The second-order valence-corrected chi connectivity index (χ2v) is 5.02. The van der Waals surface area contributed by atoms with Crippen LogP contribution in [0.3, 0.4) is 0 Å². The van der Waals surface area contributed by atoms with Crippen molar-refractivity contribution in [2.24, 2.45) is 0 Å². The third kappa shape index (κ3) is 3.15. The topological polar surface area (TPSA) is 35.2 Å². The van der Waals surface area contributed by atoms with E-state index >= 15 is 0 Å². The third-order valence-corrected chi connectivity index (χ3v) is 3.12. The first-order chi connectivity index (χ1) is 8.56. The molecule has 0 aromatic heterocycles. The predicted molar refractivity (Wildman–Crippen MR) is 74.3 cm³/mol. The fraction of sp³-hybridized carbons (Fsp3) is 0.0769. The highest BCUT2D eigenvalue weighted by atomic mass is 79.9. The molecule has 0 fully saturated rings. The lowest BCUT2D eigenvalue weighted by Gasteiger charge is -2.11. The molecule has 0 aliphatic rings. The molecular weight excluding hydrogens is 321 g/mol. The molecule has 0 radical (unpaired) electrons. The maximum absolute atomic E-state index is 13.0. The minimum Gasteiger partial charge on any atom is -0.486 e. The number of nitrogens with two attached hydrogens (primary N) is 1. The molecule has 0 aliphatic heterocycles. The predicted octanol–water partition coefficient (Wildman–Crippen LogP) is 4.40. The van der Waals surface area contributed by atoms with Gasteiger partial charge in [0.25, 0.3) is 0 Å². The van der Waals surface area contributed by atoms with Crippen molar-refractivity contribution in [1.82, 2.24) is 0 Å². The van der Waals surface area contributed by atoms with Crippen LogP contribution in [0.2, 0.25) is 5.02 Å². The molecule has 0 saturated carbocycles. The highest BCUT2D eigenvalue weighted by molar-refractivity contribution is 9.10. The number of hydrogen-bond donors (Lipinski definition) is 1. The van der Waals surface area contributed by atoms with Crippen LogP contribution in [-0.4, -0.2) is 0 Å². The first-order valence-corrected chi connectivity index (χ1v) is 6.35. The maximum atomic E-state index is 13.0. The van der Waals surface area contributed by atoms with E-state index in [4.69, 9.17) is 22.1 Å². The smallest absolute Gasteiger partial charge is 0.156 e. The second kappa shape index (κ2) is 5.59. The van der Waals surface area contributed by atoms with Crippen LogP contribution in [0.4, 0.5) is 10.1 Å². The van der Waals surface area contributed by atoms with E-state index in [0.717, 1.165) is 5.56 Å². The van der Waals surface area contributed by atoms with Crippen molar-refractivity contribution in [3.63, 3.8) is 0 Å². The molecule has 0 saturated heterocycles. The largest absolute Gasteiger partial charge is 0.486 e. The Kier molecular flexibility index (Phi) is 4.09. The Balaban J connectivity index is 2.16. The summed E-state index contributed by atoms with van der Waals surface area (Å²) in [7, 11) is 0. The summed E-state index contributed by atoms with van der Waals surface area (Å²) in [6.45, 7) is 0.238. The van der Waals surface area contributed by atoms with Gasteiger partial charge in [-0.1, -0.05) is 23.7 Å². The van der Waals surface area contributed by atoms with Gasteiger partial charge in [0.15, 0.2) is 5.75 Å². The van der Waals surface area contributed by atoms with Crippen molar-refractivity contribution in [2.45, 2.75) is 6.61 Å². The minimum atomic E-state index is -0.292. The van der Waals surface area contributed by atoms with Crippen molar-refractivity contribution in [2.75, 3.05) is 5.73 Å². The quantitative estimate of drug-likeness (QED) is 0.846. The van der Waals surface area contributed by atoms with Gasteiger partial charge in [0.05, 0.1) is 10.2 Å².